The second-order valence-electron chi connectivity index (χ2n) is 9.86. The van der Waals surface area contributed by atoms with Crippen LogP contribution in [0.4, 0.5) is 0 Å². The molecule has 142 valence electrons. The summed E-state index contributed by atoms with van der Waals surface area (Å²) in [6.07, 6.45) is 10.4. The highest BCUT2D eigenvalue weighted by molar-refractivity contribution is 5.91. The summed E-state index contributed by atoms with van der Waals surface area (Å²) in [5, 5.41) is 9.15. The predicted molar refractivity (Wildman–Crippen MR) is 102 cm³/mol. The van der Waals surface area contributed by atoms with Crippen molar-refractivity contribution in [1.82, 2.24) is 0 Å². The molecule has 0 bridgehead atoms. The lowest BCUT2D eigenvalue weighted by atomic mass is 9.46. The lowest BCUT2D eigenvalue weighted by Gasteiger charge is -2.58. The molecule has 4 aliphatic rings. The van der Waals surface area contributed by atoms with Crippen molar-refractivity contribution >= 4 is 11.8 Å². The maximum Gasteiger partial charge on any atom is 0.303 e. The van der Waals surface area contributed by atoms with Crippen molar-refractivity contribution in [3.8, 4) is 0 Å². The Bertz CT molecular complexity index is 690. The van der Waals surface area contributed by atoms with Crippen LogP contribution in [0.1, 0.15) is 71.6 Å². The second-order valence-corrected chi connectivity index (χ2v) is 9.86. The molecule has 0 aromatic rings. The minimum absolute atomic E-state index is 0.207. The molecule has 0 radical (unpaired) electrons. The van der Waals surface area contributed by atoms with Crippen molar-refractivity contribution in [2.45, 2.75) is 71.6 Å². The molecule has 3 nitrogen and oxygen atoms in total. The van der Waals surface area contributed by atoms with E-state index in [0.29, 0.717) is 35.9 Å². The Kier molecular flexibility index (Phi) is 4.20. The fraction of sp³-hybridized carbons (Fsp3) is 0.739. The molecule has 0 aromatic carbocycles. The Labute approximate surface area is 156 Å². The monoisotopic (exact) mass is 356 g/mol. The van der Waals surface area contributed by atoms with Crippen molar-refractivity contribution in [2.75, 3.05) is 0 Å². The summed E-state index contributed by atoms with van der Waals surface area (Å²) < 4.78 is 0. The van der Waals surface area contributed by atoms with Gasteiger partial charge >= 0.3 is 5.97 Å². The maximum atomic E-state index is 11.9. The van der Waals surface area contributed by atoms with Crippen LogP contribution in [0, 0.1) is 34.5 Å². The van der Waals surface area contributed by atoms with Gasteiger partial charge in [-0.05, 0) is 85.5 Å². The van der Waals surface area contributed by atoms with E-state index in [4.69, 9.17) is 5.11 Å². The molecule has 3 heteroatoms. The van der Waals surface area contributed by atoms with Gasteiger partial charge in [0.1, 0.15) is 0 Å². The van der Waals surface area contributed by atoms with Crippen LogP contribution in [-0.2, 0) is 9.59 Å². The average molecular weight is 357 g/mol. The molecule has 0 aliphatic heterocycles. The van der Waals surface area contributed by atoms with Crippen molar-refractivity contribution in [1.29, 1.82) is 0 Å². The van der Waals surface area contributed by atoms with E-state index in [1.807, 2.05) is 6.08 Å². The topological polar surface area (TPSA) is 54.4 Å². The number of ketones is 1. The number of hydrogen-bond donors (Lipinski definition) is 1. The van der Waals surface area contributed by atoms with E-state index in [-0.39, 0.29) is 17.3 Å². The normalized spacial score (nSPS) is 44.8. The molecule has 4 rings (SSSR count). The Morgan fingerprint density at radius 3 is 2.73 bits per heavy atom. The fourth-order valence-corrected chi connectivity index (χ4v) is 7.42. The highest BCUT2D eigenvalue weighted by Gasteiger charge is 2.59. The molecule has 0 amide bonds. The molecule has 0 spiro atoms. The minimum Gasteiger partial charge on any atom is -0.481 e. The van der Waals surface area contributed by atoms with E-state index in [0.717, 1.165) is 25.7 Å². The van der Waals surface area contributed by atoms with Crippen LogP contribution < -0.4 is 0 Å². The van der Waals surface area contributed by atoms with Crippen molar-refractivity contribution in [3.05, 3.63) is 23.8 Å². The van der Waals surface area contributed by atoms with Crippen LogP contribution in [0.25, 0.3) is 0 Å². The lowest BCUT2D eigenvalue weighted by Crippen LogP contribution is -2.50. The van der Waals surface area contributed by atoms with Crippen molar-refractivity contribution in [3.63, 3.8) is 0 Å². The summed E-state index contributed by atoms with van der Waals surface area (Å²) in [7, 11) is 0. The van der Waals surface area contributed by atoms with E-state index < -0.39 is 5.97 Å². The van der Waals surface area contributed by atoms with E-state index in [1.54, 1.807) is 0 Å². The number of carbonyl (C=O) groups is 2. The molecule has 1 N–H and O–H groups in total. The zero-order chi connectivity index (χ0) is 18.7. The summed E-state index contributed by atoms with van der Waals surface area (Å²) in [5.41, 5.74) is 3.14. The molecular weight excluding hydrogens is 324 g/mol. The van der Waals surface area contributed by atoms with Gasteiger partial charge in [-0.2, -0.15) is 0 Å². The number of aliphatic carboxylic acids is 1. The number of fused-ring (bicyclic) bond motifs is 5. The van der Waals surface area contributed by atoms with Crippen LogP contribution in [0.2, 0.25) is 0 Å². The standard InChI is InChI=1S/C23H32O3/c1-14-12-20-17-5-4-15-13-16(24)8-10-22(15,2)19(17)9-11-23(20,3)18(14)6-7-21(25)26/h13,17-20H,1,4-12H2,2-3H3,(H,25,26)/t17-,18+,19+,20+,22+,23-/m1/s1. The smallest absolute Gasteiger partial charge is 0.303 e. The summed E-state index contributed by atoms with van der Waals surface area (Å²) >= 11 is 0. The van der Waals surface area contributed by atoms with Gasteiger partial charge in [0.25, 0.3) is 0 Å². The molecule has 3 saturated carbocycles. The Balaban J connectivity index is 1.61. The van der Waals surface area contributed by atoms with E-state index >= 15 is 0 Å². The SMILES string of the molecule is C=C1C[C@H]2[C@@H]3CCC4=CC(=O)CC[C@]4(C)[C@H]3CC[C@]2(C)[C@H]1CCC(=O)O. The molecule has 3 fully saturated rings. The van der Waals surface area contributed by atoms with Crippen molar-refractivity contribution < 1.29 is 14.7 Å². The van der Waals surface area contributed by atoms with Crippen molar-refractivity contribution in [2.24, 2.45) is 34.5 Å². The number of carbonyl (C=O) groups excluding carboxylic acids is 1. The highest BCUT2D eigenvalue weighted by atomic mass is 16.4. The molecule has 6 atom stereocenters. The van der Waals surface area contributed by atoms with Gasteiger partial charge in [-0.1, -0.05) is 31.6 Å². The molecule has 26 heavy (non-hydrogen) atoms. The number of carboxylic acid groups (broad SMARTS) is 1. The maximum absolute atomic E-state index is 11.9. The number of allylic oxidation sites excluding steroid dienone is 2. The molecule has 0 aromatic heterocycles. The van der Waals surface area contributed by atoms with Gasteiger partial charge in [-0.15, -0.1) is 0 Å². The zero-order valence-electron chi connectivity index (χ0n) is 16.2. The zero-order valence-corrected chi connectivity index (χ0v) is 16.2. The average Bonchev–Trinajstić information content (AvgIpc) is 2.83. The van der Waals surface area contributed by atoms with E-state index in [1.165, 1.54) is 30.4 Å². The molecule has 0 saturated heterocycles. The van der Waals surface area contributed by atoms with Gasteiger partial charge in [0.15, 0.2) is 5.78 Å². The van der Waals surface area contributed by atoms with Crippen LogP contribution in [0.3, 0.4) is 0 Å². The summed E-state index contributed by atoms with van der Waals surface area (Å²) in [6, 6.07) is 0. The van der Waals surface area contributed by atoms with Gasteiger partial charge in [0, 0.05) is 12.8 Å². The third kappa shape index (κ3) is 2.53. The largest absolute Gasteiger partial charge is 0.481 e. The minimum atomic E-state index is -0.689. The quantitative estimate of drug-likeness (QED) is 0.710. The third-order valence-corrected chi connectivity index (χ3v) is 8.82. The van der Waals surface area contributed by atoms with E-state index in [9.17, 15) is 9.59 Å². The first-order chi connectivity index (χ1) is 12.3. The molecule has 0 heterocycles. The highest BCUT2D eigenvalue weighted by Crippen LogP contribution is 2.67. The summed E-state index contributed by atoms with van der Waals surface area (Å²) in [5.74, 6) is 2.02. The Morgan fingerprint density at radius 1 is 1.23 bits per heavy atom. The van der Waals surface area contributed by atoms with Gasteiger partial charge in [-0.3, -0.25) is 9.59 Å². The van der Waals surface area contributed by atoms with Gasteiger partial charge < -0.3 is 5.11 Å². The fourth-order valence-electron chi connectivity index (χ4n) is 7.42. The van der Waals surface area contributed by atoms with Crippen LogP contribution >= 0.6 is 0 Å². The second kappa shape index (κ2) is 6.07. The first-order valence-electron chi connectivity index (χ1n) is 10.4. The summed E-state index contributed by atoms with van der Waals surface area (Å²) in [4.78, 5) is 23.0. The summed E-state index contributed by atoms with van der Waals surface area (Å²) in [6.45, 7) is 9.21. The van der Waals surface area contributed by atoms with Gasteiger partial charge in [0.05, 0.1) is 0 Å². The Morgan fingerprint density at radius 2 is 2.00 bits per heavy atom. The molecular formula is C23H32O3. The van der Waals surface area contributed by atoms with Crippen LogP contribution in [-0.4, -0.2) is 16.9 Å². The number of carboxylic acids is 1. The number of hydrogen-bond acceptors (Lipinski definition) is 2. The Hall–Kier alpha value is -1.38. The van der Waals surface area contributed by atoms with Crippen LogP contribution in [0.5, 0.6) is 0 Å². The molecule has 0 unspecified atom stereocenters. The first kappa shape index (κ1) is 18.0. The first-order valence-corrected chi connectivity index (χ1v) is 10.4. The van der Waals surface area contributed by atoms with Gasteiger partial charge in [-0.25, -0.2) is 0 Å². The number of rotatable bonds is 3. The van der Waals surface area contributed by atoms with Gasteiger partial charge in [0.2, 0.25) is 0 Å². The third-order valence-electron chi connectivity index (χ3n) is 8.82. The predicted octanol–water partition coefficient (Wildman–Crippen LogP) is 5.17. The molecule has 4 aliphatic carbocycles. The lowest BCUT2D eigenvalue weighted by molar-refractivity contribution is -0.137. The van der Waals surface area contributed by atoms with Crippen LogP contribution in [0.15, 0.2) is 23.8 Å². The van der Waals surface area contributed by atoms with E-state index in [2.05, 4.69) is 20.4 Å².